The van der Waals surface area contributed by atoms with Gasteiger partial charge in [0.05, 0.1) is 17.5 Å². The molecule has 0 radical (unpaired) electrons. The minimum Gasteiger partial charge on any atom is -0.331 e. The Morgan fingerprint density at radius 2 is 1.76 bits per heavy atom. The molecule has 0 aliphatic carbocycles. The number of nitrogens with one attached hydrogen (secondary N) is 3. The van der Waals surface area contributed by atoms with Crippen LogP contribution in [0.5, 0.6) is 0 Å². The molecule has 1 heterocycles. The van der Waals surface area contributed by atoms with Crippen molar-refractivity contribution in [3.8, 4) is 5.69 Å². The largest absolute Gasteiger partial charge is 0.331 e. The summed E-state index contributed by atoms with van der Waals surface area (Å²) in [5.74, 6) is 0. The highest BCUT2D eigenvalue weighted by Crippen LogP contribution is 2.06. The topological polar surface area (TPSA) is 74.2 Å². The molecular formula is C18H17N5OS. The molecule has 3 rings (SSSR count). The van der Waals surface area contributed by atoms with E-state index in [2.05, 4.69) is 20.9 Å². The van der Waals surface area contributed by atoms with Crippen molar-refractivity contribution >= 4 is 29.2 Å². The number of aromatic nitrogens is 2. The van der Waals surface area contributed by atoms with Crippen molar-refractivity contribution in [2.75, 3.05) is 5.32 Å². The fourth-order valence-corrected chi connectivity index (χ4v) is 2.48. The lowest BCUT2D eigenvalue weighted by atomic mass is 10.3. The predicted octanol–water partition coefficient (Wildman–Crippen LogP) is 2.79. The number of nitrogens with zero attached hydrogens (tertiary/aromatic N) is 2. The normalized spacial score (nSPS) is 10.8. The Labute approximate surface area is 150 Å². The van der Waals surface area contributed by atoms with Crippen LogP contribution in [0.25, 0.3) is 5.69 Å². The Hall–Kier alpha value is -3.19. The molecule has 0 saturated carbocycles. The van der Waals surface area contributed by atoms with E-state index in [9.17, 15) is 4.79 Å². The molecule has 1 aromatic heterocycles. The molecule has 0 unspecified atom stereocenters. The van der Waals surface area contributed by atoms with Crippen LogP contribution in [0.2, 0.25) is 0 Å². The van der Waals surface area contributed by atoms with Gasteiger partial charge in [0, 0.05) is 11.4 Å². The van der Waals surface area contributed by atoms with Gasteiger partial charge in [0.2, 0.25) is 0 Å². The van der Waals surface area contributed by atoms with Crippen LogP contribution in [0, 0.1) is 6.92 Å². The molecule has 0 bridgehead atoms. The molecule has 3 N–H and O–H groups in total. The molecule has 0 saturated heterocycles. The third-order valence-corrected chi connectivity index (χ3v) is 3.72. The maximum absolute atomic E-state index is 12.5. The first-order valence-electron chi connectivity index (χ1n) is 7.67. The number of aromatic amines is 1. The van der Waals surface area contributed by atoms with Crippen molar-refractivity contribution in [2.24, 2.45) is 5.10 Å². The standard InChI is InChI=1S/C18H17N5OS/c1-13-16(17(24)23(22-13)15-10-6-3-7-11-15)12-19-21-18(25)20-14-8-4-2-5-9-14/h2-12,22H,1H3,(H2,20,21,25). The zero-order chi connectivity index (χ0) is 17.6. The molecule has 6 nitrogen and oxygen atoms in total. The summed E-state index contributed by atoms with van der Waals surface area (Å²) >= 11 is 5.17. The summed E-state index contributed by atoms with van der Waals surface area (Å²) in [7, 11) is 0. The second-order valence-corrected chi connectivity index (χ2v) is 5.72. The summed E-state index contributed by atoms with van der Waals surface area (Å²) in [5.41, 5.74) is 5.36. The number of rotatable bonds is 4. The second-order valence-electron chi connectivity index (χ2n) is 5.32. The maximum Gasteiger partial charge on any atom is 0.280 e. The molecule has 126 valence electrons. The summed E-state index contributed by atoms with van der Waals surface area (Å²) in [6.07, 6.45) is 1.46. The molecule has 3 aromatic rings. The molecular weight excluding hydrogens is 334 g/mol. The van der Waals surface area contributed by atoms with Gasteiger partial charge in [0.25, 0.3) is 5.56 Å². The van der Waals surface area contributed by atoms with Gasteiger partial charge in [0.15, 0.2) is 5.11 Å². The van der Waals surface area contributed by atoms with E-state index in [1.807, 2.05) is 67.6 Å². The van der Waals surface area contributed by atoms with E-state index in [1.54, 1.807) is 0 Å². The molecule has 0 spiro atoms. The number of hydrogen-bond donors (Lipinski definition) is 3. The van der Waals surface area contributed by atoms with Crippen molar-refractivity contribution < 1.29 is 0 Å². The summed E-state index contributed by atoms with van der Waals surface area (Å²) in [4.78, 5) is 12.5. The van der Waals surface area contributed by atoms with Crippen molar-refractivity contribution in [1.29, 1.82) is 0 Å². The maximum atomic E-state index is 12.5. The van der Waals surface area contributed by atoms with Crippen LogP contribution >= 0.6 is 12.2 Å². The van der Waals surface area contributed by atoms with Gasteiger partial charge in [-0.05, 0) is 43.4 Å². The van der Waals surface area contributed by atoms with Gasteiger partial charge in [-0.25, -0.2) is 4.68 Å². The van der Waals surface area contributed by atoms with Gasteiger partial charge in [-0.15, -0.1) is 0 Å². The molecule has 0 fully saturated rings. The summed E-state index contributed by atoms with van der Waals surface area (Å²) in [5, 5.41) is 10.4. The Morgan fingerprint density at radius 3 is 2.44 bits per heavy atom. The van der Waals surface area contributed by atoms with Crippen LogP contribution < -0.4 is 16.3 Å². The van der Waals surface area contributed by atoms with Gasteiger partial charge in [-0.3, -0.25) is 15.3 Å². The third kappa shape index (κ3) is 4.02. The molecule has 0 atom stereocenters. The van der Waals surface area contributed by atoms with Crippen molar-refractivity contribution in [2.45, 2.75) is 6.92 Å². The Balaban J connectivity index is 1.71. The van der Waals surface area contributed by atoms with Crippen molar-refractivity contribution in [3.05, 3.63) is 82.3 Å². The zero-order valence-electron chi connectivity index (χ0n) is 13.6. The Bertz CT molecular complexity index is 945. The van der Waals surface area contributed by atoms with Crippen LogP contribution in [0.3, 0.4) is 0 Å². The summed E-state index contributed by atoms with van der Waals surface area (Å²) < 4.78 is 1.48. The summed E-state index contributed by atoms with van der Waals surface area (Å²) in [6.45, 7) is 1.82. The van der Waals surface area contributed by atoms with E-state index in [0.717, 1.165) is 17.1 Å². The smallest absolute Gasteiger partial charge is 0.280 e. The predicted molar refractivity (Wildman–Crippen MR) is 105 cm³/mol. The minimum atomic E-state index is -0.170. The van der Waals surface area contributed by atoms with E-state index < -0.39 is 0 Å². The molecule has 0 amide bonds. The quantitative estimate of drug-likeness (QED) is 0.384. The van der Waals surface area contributed by atoms with Crippen LogP contribution in [-0.2, 0) is 0 Å². The van der Waals surface area contributed by atoms with E-state index >= 15 is 0 Å². The van der Waals surface area contributed by atoms with Crippen LogP contribution in [-0.4, -0.2) is 21.1 Å². The average Bonchev–Trinajstić information content (AvgIpc) is 2.91. The van der Waals surface area contributed by atoms with Crippen molar-refractivity contribution in [1.82, 2.24) is 15.2 Å². The van der Waals surface area contributed by atoms with Crippen LogP contribution in [0.15, 0.2) is 70.6 Å². The highest BCUT2D eigenvalue weighted by atomic mass is 32.1. The highest BCUT2D eigenvalue weighted by molar-refractivity contribution is 7.80. The van der Waals surface area contributed by atoms with Crippen LogP contribution in [0.1, 0.15) is 11.3 Å². The third-order valence-electron chi connectivity index (χ3n) is 3.52. The Kier molecular flexibility index (Phi) is 5.06. The summed E-state index contributed by atoms with van der Waals surface area (Å²) in [6, 6.07) is 18.9. The van der Waals surface area contributed by atoms with E-state index in [1.165, 1.54) is 10.9 Å². The van der Waals surface area contributed by atoms with E-state index in [-0.39, 0.29) is 5.56 Å². The molecule has 0 aliphatic heterocycles. The number of anilines is 1. The monoisotopic (exact) mass is 351 g/mol. The molecule has 2 aromatic carbocycles. The number of aryl methyl sites for hydroxylation is 1. The molecule has 0 aliphatic rings. The SMILES string of the molecule is Cc1[nH]n(-c2ccccc2)c(=O)c1C=NNC(=S)Nc1ccccc1. The lowest BCUT2D eigenvalue weighted by Crippen LogP contribution is -2.24. The van der Waals surface area contributed by atoms with Gasteiger partial charge >= 0.3 is 0 Å². The minimum absolute atomic E-state index is 0.170. The first-order chi connectivity index (χ1) is 12.1. The average molecular weight is 351 g/mol. The zero-order valence-corrected chi connectivity index (χ0v) is 14.4. The number of hydrogen-bond acceptors (Lipinski definition) is 3. The number of para-hydroxylation sites is 2. The first kappa shape index (κ1) is 16.7. The van der Waals surface area contributed by atoms with Gasteiger partial charge in [-0.1, -0.05) is 36.4 Å². The van der Waals surface area contributed by atoms with Gasteiger partial charge < -0.3 is 5.32 Å². The van der Waals surface area contributed by atoms with E-state index in [4.69, 9.17) is 12.2 Å². The van der Waals surface area contributed by atoms with Crippen LogP contribution in [0.4, 0.5) is 5.69 Å². The highest BCUT2D eigenvalue weighted by Gasteiger charge is 2.10. The molecule has 25 heavy (non-hydrogen) atoms. The lowest BCUT2D eigenvalue weighted by Gasteiger charge is -2.05. The van der Waals surface area contributed by atoms with Crippen molar-refractivity contribution in [3.63, 3.8) is 0 Å². The fraction of sp³-hybridized carbons (Fsp3) is 0.0556. The Morgan fingerprint density at radius 1 is 1.12 bits per heavy atom. The number of H-pyrrole nitrogens is 1. The molecule has 7 heteroatoms. The number of hydrazone groups is 1. The first-order valence-corrected chi connectivity index (χ1v) is 8.08. The second kappa shape index (κ2) is 7.59. The number of benzene rings is 2. The lowest BCUT2D eigenvalue weighted by molar-refractivity contribution is 0.835. The van der Waals surface area contributed by atoms with Gasteiger partial charge in [-0.2, -0.15) is 5.10 Å². The fourth-order valence-electron chi connectivity index (χ4n) is 2.31. The number of thiocarbonyl (C=S) groups is 1. The van der Waals surface area contributed by atoms with Gasteiger partial charge in [0.1, 0.15) is 0 Å². The van der Waals surface area contributed by atoms with E-state index in [0.29, 0.717) is 10.7 Å².